The molecule has 2 heterocycles. The highest BCUT2D eigenvalue weighted by Crippen LogP contribution is 2.34. The Hall–Kier alpha value is -4.39. The molecular weight excluding hydrogens is 527 g/mol. The lowest BCUT2D eigenvalue weighted by molar-refractivity contribution is -0.170. The quantitative estimate of drug-likeness (QED) is 0.380. The molecule has 0 fully saturated rings. The number of benzene rings is 2. The number of carbonyl (C=O) groups is 3. The summed E-state index contributed by atoms with van der Waals surface area (Å²) in [5, 5.41) is 11.0. The van der Waals surface area contributed by atoms with E-state index in [1.807, 2.05) is 0 Å². The number of amides is 3. The van der Waals surface area contributed by atoms with Crippen molar-refractivity contribution in [2.24, 2.45) is 0 Å². The molecule has 14 heteroatoms. The summed E-state index contributed by atoms with van der Waals surface area (Å²) in [7, 11) is 1.49. The van der Waals surface area contributed by atoms with Gasteiger partial charge in [-0.3, -0.25) is 14.4 Å². The first kappa shape index (κ1) is 26.7. The van der Waals surface area contributed by atoms with Crippen LogP contribution in [0.25, 0.3) is 0 Å². The van der Waals surface area contributed by atoms with E-state index in [0.29, 0.717) is 16.2 Å². The van der Waals surface area contributed by atoms with E-state index in [-0.39, 0.29) is 46.2 Å². The van der Waals surface area contributed by atoms with Crippen LogP contribution in [0.2, 0.25) is 5.02 Å². The number of para-hydroxylation sites is 1. The van der Waals surface area contributed by atoms with Crippen LogP contribution in [0.15, 0.2) is 48.7 Å². The van der Waals surface area contributed by atoms with E-state index in [1.54, 1.807) is 24.3 Å². The van der Waals surface area contributed by atoms with Crippen molar-refractivity contribution in [2.45, 2.75) is 19.1 Å². The molecule has 0 saturated carbocycles. The molecule has 1 aromatic heterocycles. The van der Waals surface area contributed by atoms with E-state index in [2.05, 4.69) is 31.2 Å². The maximum Gasteiger partial charge on any atom is 0.471 e. The lowest BCUT2D eigenvalue weighted by Crippen LogP contribution is -2.46. The van der Waals surface area contributed by atoms with Gasteiger partial charge in [0, 0.05) is 19.6 Å². The van der Waals surface area contributed by atoms with E-state index in [9.17, 15) is 27.6 Å². The summed E-state index contributed by atoms with van der Waals surface area (Å²) >= 11 is 6.26. The standard InChI is InChI=1S/C24H21ClF3N7O3/c1-12-11-35(22(38)24(26,27)28)17-9-5-8-16(18(17)21(37)31-12)33-23-30-10-14(25)19(34-23)32-15-7-4-3-6-13(15)20(36)29-2/h3-10,12H,11H2,1-2H3,(H,29,36)(H,31,37)(H2,30,32,33,34). The lowest BCUT2D eigenvalue weighted by Gasteiger charge is -2.25. The van der Waals surface area contributed by atoms with Crippen LogP contribution in [-0.4, -0.2) is 53.5 Å². The Labute approximate surface area is 219 Å². The molecule has 0 aliphatic carbocycles. The minimum absolute atomic E-state index is 0.0542. The number of nitrogens with zero attached hydrogens (tertiary/aromatic N) is 3. The number of hydrogen-bond donors (Lipinski definition) is 4. The Morgan fingerprint density at radius 3 is 2.53 bits per heavy atom. The minimum Gasteiger partial charge on any atom is -0.355 e. The number of anilines is 5. The molecule has 3 aromatic rings. The Kier molecular flexibility index (Phi) is 7.39. The SMILES string of the molecule is CNC(=O)c1ccccc1Nc1nc(Nc2cccc3c2C(=O)NC(C)CN3C(=O)C(F)(F)F)ncc1Cl. The average Bonchev–Trinajstić information content (AvgIpc) is 3.00. The van der Waals surface area contributed by atoms with E-state index in [0.717, 1.165) is 0 Å². The van der Waals surface area contributed by atoms with Crippen LogP contribution >= 0.6 is 11.6 Å². The molecule has 1 aliphatic heterocycles. The van der Waals surface area contributed by atoms with Crippen LogP contribution in [0.5, 0.6) is 0 Å². The maximum atomic E-state index is 13.3. The first-order valence-electron chi connectivity index (χ1n) is 11.2. The van der Waals surface area contributed by atoms with Crippen molar-refractivity contribution in [3.63, 3.8) is 0 Å². The van der Waals surface area contributed by atoms with Gasteiger partial charge in [-0.2, -0.15) is 18.2 Å². The van der Waals surface area contributed by atoms with Gasteiger partial charge in [-0.05, 0) is 31.2 Å². The second kappa shape index (κ2) is 10.5. The van der Waals surface area contributed by atoms with Crippen LogP contribution in [-0.2, 0) is 4.79 Å². The fraction of sp³-hybridized carbons (Fsp3) is 0.208. The molecule has 3 amide bonds. The van der Waals surface area contributed by atoms with Crippen molar-refractivity contribution >= 4 is 58.2 Å². The summed E-state index contributed by atoms with van der Waals surface area (Å²) in [5.74, 6) is -3.05. The summed E-state index contributed by atoms with van der Waals surface area (Å²) in [5.41, 5.74) is 0.390. The van der Waals surface area contributed by atoms with E-state index < -0.39 is 24.0 Å². The van der Waals surface area contributed by atoms with Crippen molar-refractivity contribution < 1.29 is 27.6 Å². The zero-order valence-electron chi connectivity index (χ0n) is 20.0. The van der Waals surface area contributed by atoms with Crippen LogP contribution in [0.4, 0.5) is 42.0 Å². The first-order chi connectivity index (χ1) is 18.0. The zero-order valence-corrected chi connectivity index (χ0v) is 20.7. The molecular formula is C24H21ClF3N7O3. The molecule has 1 unspecified atom stereocenters. The largest absolute Gasteiger partial charge is 0.471 e. The van der Waals surface area contributed by atoms with Gasteiger partial charge in [-0.25, -0.2) is 4.98 Å². The number of halogens is 4. The zero-order chi connectivity index (χ0) is 27.6. The Morgan fingerprint density at radius 2 is 1.82 bits per heavy atom. The van der Waals surface area contributed by atoms with E-state index in [4.69, 9.17) is 11.6 Å². The van der Waals surface area contributed by atoms with Gasteiger partial charge in [0.1, 0.15) is 5.02 Å². The monoisotopic (exact) mass is 547 g/mol. The van der Waals surface area contributed by atoms with Gasteiger partial charge in [-0.15, -0.1) is 0 Å². The van der Waals surface area contributed by atoms with Crippen LogP contribution in [0.1, 0.15) is 27.6 Å². The lowest BCUT2D eigenvalue weighted by atomic mass is 10.1. The molecule has 0 bridgehead atoms. The molecule has 198 valence electrons. The summed E-state index contributed by atoms with van der Waals surface area (Å²) in [6.07, 6.45) is -3.87. The van der Waals surface area contributed by atoms with Crippen LogP contribution in [0.3, 0.4) is 0 Å². The smallest absolute Gasteiger partial charge is 0.355 e. The summed E-state index contributed by atoms with van der Waals surface area (Å²) < 4.78 is 40.0. The number of hydrogen-bond acceptors (Lipinski definition) is 7. The molecule has 1 aliphatic rings. The van der Waals surface area contributed by atoms with E-state index >= 15 is 0 Å². The van der Waals surface area contributed by atoms with Crippen molar-refractivity contribution in [2.75, 3.05) is 29.1 Å². The Bertz CT molecular complexity index is 1420. The van der Waals surface area contributed by atoms with Gasteiger partial charge >= 0.3 is 12.1 Å². The number of aromatic nitrogens is 2. The summed E-state index contributed by atoms with van der Waals surface area (Å²) in [4.78, 5) is 46.3. The molecule has 2 aromatic carbocycles. The number of alkyl halides is 3. The third kappa shape index (κ3) is 5.47. The highest BCUT2D eigenvalue weighted by Gasteiger charge is 2.45. The van der Waals surface area contributed by atoms with Crippen molar-refractivity contribution in [3.8, 4) is 0 Å². The van der Waals surface area contributed by atoms with Gasteiger partial charge in [-0.1, -0.05) is 29.8 Å². The third-order valence-electron chi connectivity index (χ3n) is 5.52. The maximum absolute atomic E-state index is 13.3. The number of nitrogens with one attached hydrogen (secondary N) is 4. The number of rotatable bonds is 5. The van der Waals surface area contributed by atoms with Gasteiger partial charge in [0.05, 0.1) is 34.4 Å². The second-order valence-electron chi connectivity index (χ2n) is 8.25. The third-order valence-corrected chi connectivity index (χ3v) is 5.80. The van der Waals surface area contributed by atoms with Crippen molar-refractivity contribution in [1.29, 1.82) is 0 Å². The van der Waals surface area contributed by atoms with Gasteiger partial charge < -0.3 is 26.2 Å². The highest BCUT2D eigenvalue weighted by molar-refractivity contribution is 6.33. The molecule has 4 N–H and O–H groups in total. The topological polar surface area (TPSA) is 128 Å². The molecule has 1 atom stereocenters. The predicted octanol–water partition coefficient (Wildman–Crippen LogP) is 4.00. The normalized spacial score (nSPS) is 15.2. The fourth-order valence-electron chi connectivity index (χ4n) is 3.85. The second-order valence-corrected chi connectivity index (χ2v) is 8.66. The van der Waals surface area contributed by atoms with Gasteiger partial charge in [0.25, 0.3) is 11.8 Å². The summed E-state index contributed by atoms with van der Waals surface area (Å²) in [6.45, 7) is 1.11. The van der Waals surface area contributed by atoms with Crippen molar-refractivity contribution in [1.82, 2.24) is 20.6 Å². The van der Waals surface area contributed by atoms with Gasteiger partial charge in [0.15, 0.2) is 5.82 Å². The predicted molar refractivity (Wildman–Crippen MR) is 135 cm³/mol. The molecule has 0 spiro atoms. The van der Waals surface area contributed by atoms with Crippen LogP contribution < -0.4 is 26.2 Å². The van der Waals surface area contributed by atoms with Crippen LogP contribution in [0, 0.1) is 0 Å². The summed E-state index contributed by atoms with van der Waals surface area (Å²) in [6, 6.07) is 9.98. The first-order valence-corrected chi connectivity index (χ1v) is 11.6. The number of fused-ring (bicyclic) bond motifs is 1. The Balaban J connectivity index is 1.71. The van der Waals surface area contributed by atoms with Gasteiger partial charge in [0.2, 0.25) is 5.95 Å². The molecule has 10 nitrogen and oxygen atoms in total. The molecule has 0 saturated heterocycles. The molecule has 4 rings (SSSR count). The highest BCUT2D eigenvalue weighted by atomic mass is 35.5. The number of carbonyl (C=O) groups excluding carboxylic acids is 3. The molecule has 38 heavy (non-hydrogen) atoms. The fourth-order valence-corrected chi connectivity index (χ4v) is 3.99. The van der Waals surface area contributed by atoms with E-state index in [1.165, 1.54) is 38.4 Å². The minimum atomic E-state index is -5.14. The molecule has 0 radical (unpaired) electrons. The Morgan fingerprint density at radius 1 is 1.11 bits per heavy atom. The van der Waals surface area contributed by atoms with Crippen molar-refractivity contribution in [3.05, 3.63) is 64.8 Å². The average molecular weight is 548 g/mol.